The Kier molecular flexibility index (Phi) is 9.77. The van der Waals surface area contributed by atoms with Crippen molar-refractivity contribution >= 4 is 46.1 Å². The van der Waals surface area contributed by atoms with Crippen molar-refractivity contribution in [1.29, 1.82) is 0 Å². The van der Waals surface area contributed by atoms with Gasteiger partial charge in [0.1, 0.15) is 0 Å². The highest BCUT2D eigenvalue weighted by Crippen LogP contribution is 2.25. The molecule has 0 bridgehead atoms. The lowest BCUT2D eigenvalue weighted by atomic mass is 10.1. The molecule has 0 radical (unpaired) electrons. The van der Waals surface area contributed by atoms with Gasteiger partial charge < -0.3 is 21.3 Å². The molecule has 0 unspecified atom stereocenters. The highest BCUT2D eigenvalue weighted by atomic mass is 16.2. The number of para-hydroxylation sites is 4. The Morgan fingerprint density at radius 1 is 0.429 bits per heavy atom. The molecule has 0 aromatic heterocycles. The van der Waals surface area contributed by atoms with Crippen molar-refractivity contribution in [3.05, 3.63) is 144 Å². The normalized spacial score (nSPS) is 11.3. The van der Waals surface area contributed by atoms with Gasteiger partial charge in [0.25, 0.3) is 0 Å². The molecule has 4 aromatic carbocycles. The Labute approximate surface area is 244 Å². The zero-order valence-corrected chi connectivity index (χ0v) is 23.2. The Hall–Kier alpha value is -5.76. The molecule has 0 aliphatic heterocycles. The Bertz CT molecular complexity index is 1540. The zero-order chi connectivity index (χ0) is 29.9. The van der Waals surface area contributed by atoms with Gasteiger partial charge in [-0.05, 0) is 38.1 Å². The van der Waals surface area contributed by atoms with Gasteiger partial charge >= 0.3 is 11.8 Å². The summed E-state index contributed by atoms with van der Waals surface area (Å²) >= 11 is 0. The molecule has 8 heteroatoms. The van der Waals surface area contributed by atoms with E-state index in [1.807, 2.05) is 12.1 Å². The number of nitrogens with one attached hydrogen (secondary N) is 4. The van der Waals surface area contributed by atoms with Gasteiger partial charge in [0.05, 0.1) is 22.7 Å². The first-order valence-corrected chi connectivity index (χ1v) is 13.2. The largest absolute Gasteiger partial charge is 0.357 e. The van der Waals surface area contributed by atoms with Gasteiger partial charge in [-0.2, -0.15) is 0 Å². The standard InChI is InChI=1S/C34H30N4O4/c1-23(21-31(39)25-13-5-3-6-14-25)35-27-17-9-11-19-29(27)37-33(41)34(42)38-30-20-12-10-18-28(30)36-24(2)22-32(40)26-15-7-4-8-16-26/h3-22,35-36H,1-2H3,(H,37,41)(H,38,42)/b23-21+,24-22+. The van der Waals surface area contributed by atoms with E-state index in [2.05, 4.69) is 21.3 Å². The van der Waals surface area contributed by atoms with E-state index >= 15 is 0 Å². The van der Waals surface area contributed by atoms with E-state index in [0.29, 0.717) is 45.3 Å². The summed E-state index contributed by atoms with van der Waals surface area (Å²) in [7, 11) is 0. The molecule has 4 aromatic rings. The van der Waals surface area contributed by atoms with Crippen LogP contribution in [0.15, 0.2) is 133 Å². The molecule has 42 heavy (non-hydrogen) atoms. The maximum atomic E-state index is 12.9. The summed E-state index contributed by atoms with van der Waals surface area (Å²) in [6.07, 6.45) is 2.93. The fourth-order valence-electron chi connectivity index (χ4n) is 4.02. The first-order valence-electron chi connectivity index (χ1n) is 13.2. The second kappa shape index (κ2) is 14.0. The van der Waals surface area contributed by atoms with E-state index in [-0.39, 0.29) is 11.6 Å². The number of hydrogen-bond donors (Lipinski definition) is 4. The lowest BCUT2D eigenvalue weighted by Crippen LogP contribution is -2.29. The molecule has 0 fully saturated rings. The fraction of sp³-hybridized carbons (Fsp3) is 0.0588. The van der Waals surface area contributed by atoms with Crippen LogP contribution in [0.1, 0.15) is 34.6 Å². The fourth-order valence-corrected chi connectivity index (χ4v) is 4.02. The Balaban J connectivity index is 1.41. The van der Waals surface area contributed by atoms with Crippen LogP contribution in [0.2, 0.25) is 0 Å². The molecule has 0 heterocycles. The maximum absolute atomic E-state index is 12.9. The molecule has 210 valence electrons. The van der Waals surface area contributed by atoms with E-state index in [0.717, 1.165) is 0 Å². The average molecular weight is 559 g/mol. The van der Waals surface area contributed by atoms with E-state index < -0.39 is 11.8 Å². The molecule has 0 spiro atoms. The van der Waals surface area contributed by atoms with Crippen molar-refractivity contribution in [3.63, 3.8) is 0 Å². The van der Waals surface area contributed by atoms with Crippen molar-refractivity contribution in [2.75, 3.05) is 21.3 Å². The Morgan fingerprint density at radius 3 is 1.05 bits per heavy atom. The number of hydrogen-bond acceptors (Lipinski definition) is 6. The molecule has 0 saturated carbocycles. The van der Waals surface area contributed by atoms with Crippen molar-refractivity contribution in [2.24, 2.45) is 0 Å². The summed E-state index contributed by atoms with van der Waals surface area (Å²) < 4.78 is 0. The van der Waals surface area contributed by atoms with Crippen LogP contribution in [-0.4, -0.2) is 23.4 Å². The van der Waals surface area contributed by atoms with Gasteiger partial charge in [-0.15, -0.1) is 0 Å². The van der Waals surface area contributed by atoms with Crippen molar-refractivity contribution in [2.45, 2.75) is 13.8 Å². The molecule has 0 atom stereocenters. The predicted molar refractivity (Wildman–Crippen MR) is 166 cm³/mol. The second-order valence-electron chi connectivity index (χ2n) is 9.36. The van der Waals surface area contributed by atoms with Crippen LogP contribution in [0, 0.1) is 0 Å². The van der Waals surface area contributed by atoms with Gasteiger partial charge in [-0.1, -0.05) is 84.9 Å². The van der Waals surface area contributed by atoms with Crippen LogP contribution in [0.5, 0.6) is 0 Å². The minimum Gasteiger partial charge on any atom is -0.357 e. The van der Waals surface area contributed by atoms with Crippen molar-refractivity contribution < 1.29 is 19.2 Å². The van der Waals surface area contributed by atoms with Gasteiger partial charge in [0, 0.05) is 34.7 Å². The zero-order valence-electron chi connectivity index (χ0n) is 23.2. The number of allylic oxidation sites excluding steroid dienone is 4. The molecule has 4 rings (SSSR count). The van der Waals surface area contributed by atoms with Gasteiger partial charge in [0.15, 0.2) is 11.6 Å². The third-order valence-corrected chi connectivity index (χ3v) is 6.03. The second-order valence-corrected chi connectivity index (χ2v) is 9.36. The van der Waals surface area contributed by atoms with Crippen LogP contribution in [0.4, 0.5) is 22.7 Å². The minimum absolute atomic E-state index is 0.164. The molecule has 4 N–H and O–H groups in total. The number of benzene rings is 4. The van der Waals surface area contributed by atoms with Gasteiger partial charge in [0.2, 0.25) is 0 Å². The third kappa shape index (κ3) is 8.12. The maximum Gasteiger partial charge on any atom is 0.314 e. The van der Waals surface area contributed by atoms with Crippen LogP contribution in [0.3, 0.4) is 0 Å². The highest BCUT2D eigenvalue weighted by Gasteiger charge is 2.17. The lowest BCUT2D eigenvalue weighted by molar-refractivity contribution is -0.132. The molecule has 0 aliphatic rings. The summed E-state index contributed by atoms with van der Waals surface area (Å²) in [5, 5.41) is 11.5. The minimum atomic E-state index is -0.882. The summed E-state index contributed by atoms with van der Waals surface area (Å²) in [4.78, 5) is 50.8. The summed E-state index contributed by atoms with van der Waals surface area (Å²) in [5.41, 5.74) is 3.98. The SMILES string of the molecule is C/C(=C\C(=O)c1ccccc1)Nc1ccccc1NC(=O)C(=O)Nc1ccccc1N/C(C)=C/C(=O)c1ccccc1. The number of ketones is 2. The van der Waals surface area contributed by atoms with Gasteiger partial charge in [-0.25, -0.2) is 0 Å². The van der Waals surface area contributed by atoms with Crippen LogP contribution in [0.25, 0.3) is 0 Å². The highest BCUT2D eigenvalue weighted by molar-refractivity contribution is 6.44. The van der Waals surface area contributed by atoms with Crippen LogP contribution >= 0.6 is 0 Å². The van der Waals surface area contributed by atoms with E-state index in [1.54, 1.807) is 111 Å². The molecular formula is C34H30N4O4. The smallest absolute Gasteiger partial charge is 0.314 e. The molecule has 0 aliphatic carbocycles. The van der Waals surface area contributed by atoms with E-state index in [9.17, 15) is 19.2 Å². The number of rotatable bonds is 10. The third-order valence-electron chi connectivity index (χ3n) is 6.03. The lowest BCUT2D eigenvalue weighted by Gasteiger charge is -2.15. The number of carbonyl (C=O) groups excluding carboxylic acids is 4. The number of amides is 2. The molecule has 8 nitrogen and oxygen atoms in total. The first-order chi connectivity index (χ1) is 20.3. The average Bonchev–Trinajstić information content (AvgIpc) is 2.99. The van der Waals surface area contributed by atoms with E-state index in [4.69, 9.17) is 0 Å². The van der Waals surface area contributed by atoms with Crippen molar-refractivity contribution in [1.82, 2.24) is 0 Å². The first kappa shape index (κ1) is 29.2. The molecular weight excluding hydrogens is 528 g/mol. The molecule has 0 saturated heterocycles. The number of carbonyl (C=O) groups is 4. The summed E-state index contributed by atoms with van der Waals surface area (Å²) in [5.74, 6) is -2.09. The predicted octanol–water partition coefficient (Wildman–Crippen LogP) is 6.66. The quantitative estimate of drug-likeness (QED) is 0.0983. The van der Waals surface area contributed by atoms with Gasteiger partial charge in [-0.3, -0.25) is 19.2 Å². The Morgan fingerprint density at radius 2 is 0.714 bits per heavy atom. The number of anilines is 4. The van der Waals surface area contributed by atoms with Crippen molar-refractivity contribution in [3.8, 4) is 0 Å². The molecule has 2 amide bonds. The van der Waals surface area contributed by atoms with Crippen LogP contribution in [-0.2, 0) is 9.59 Å². The van der Waals surface area contributed by atoms with Crippen LogP contribution < -0.4 is 21.3 Å². The topological polar surface area (TPSA) is 116 Å². The summed E-state index contributed by atoms with van der Waals surface area (Å²) in [6.45, 7) is 3.47. The monoisotopic (exact) mass is 558 g/mol. The van der Waals surface area contributed by atoms with E-state index in [1.165, 1.54) is 12.2 Å². The summed E-state index contributed by atoms with van der Waals surface area (Å²) in [6, 6.07) is 31.5.